The van der Waals surface area contributed by atoms with Gasteiger partial charge in [-0.25, -0.2) is 4.79 Å². The van der Waals surface area contributed by atoms with Gasteiger partial charge in [-0.3, -0.25) is 0 Å². The minimum absolute atomic E-state index is 0.459. The lowest BCUT2D eigenvalue weighted by molar-refractivity contribution is -0.130. The normalized spacial score (nSPS) is 13.7. The Kier molecular flexibility index (Phi) is 1.92. The van der Waals surface area contributed by atoms with Crippen LogP contribution in [-0.4, -0.2) is 11.1 Å². The van der Waals surface area contributed by atoms with Crippen LogP contribution in [0.4, 0.5) is 0 Å². The number of fused-ring (bicyclic) bond motifs is 1. The van der Waals surface area contributed by atoms with Crippen LogP contribution in [0.5, 0.6) is 0 Å². The summed E-state index contributed by atoms with van der Waals surface area (Å²) in [6.45, 7) is 3.98. The molecule has 0 bridgehead atoms. The lowest BCUT2D eigenvalue weighted by Crippen LogP contribution is -2.00. The second kappa shape index (κ2) is 2.98. The highest BCUT2D eigenvalue weighted by Crippen LogP contribution is 2.32. The maximum absolute atomic E-state index is 11.0. The molecule has 0 aromatic heterocycles. The van der Waals surface area contributed by atoms with Gasteiger partial charge in [0.25, 0.3) is 0 Å². The Morgan fingerprint density at radius 3 is 2.57 bits per heavy atom. The van der Waals surface area contributed by atoms with Crippen LogP contribution in [0.2, 0.25) is 0 Å². The van der Waals surface area contributed by atoms with Crippen molar-refractivity contribution >= 4 is 11.5 Å². The van der Waals surface area contributed by atoms with Gasteiger partial charge in [0, 0.05) is 0 Å². The largest absolute Gasteiger partial charge is 0.478 e. The highest BCUT2D eigenvalue weighted by Gasteiger charge is 2.22. The van der Waals surface area contributed by atoms with Crippen molar-refractivity contribution < 1.29 is 9.90 Å². The van der Waals surface area contributed by atoms with E-state index in [9.17, 15) is 4.79 Å². The molecule has 1 N–H and O–H groups in total. The molecule has 0 radical (unpaired) electrons. The molecular formula is C12H12O2. The lowest BCUT2D eigenvalue weighted by atomic mass is 9.96. The number of carbonyl (C=O) groups is 1. The fraction of sp³-hybridized carbons (Fsp3) is 0.250. The van der Waals surface area contributed by atoms with Crippen LogP contribution < -0.4 is 0 Å². The van der Waals surface area contributed by atoms with E-state index in [1.165, 1.54) is 11.1 Å². The first kappa shape index (κ1) is 9.00. The summed E-state index contributed by atoms with van der Waals surface area (Å²) in [4.78, 5) is 11.0. The Balaban J connectivity index is 2.65. The van der Waals surface area contributed by atoms with Crippen molar-refractivity contribution in [3.8, 4) is 0 Å². The SMILES string of the molecule is Cc1ccc(C)c2c1CC=C2C(=O)O. The fourth-order valence-corrected chi connectivity index (χ4v) is 2.01. The summed E-state index contributed by atoms with van der Waals surface area (Å²) < 4.78 is 0. The van der Waals surface area contributed by atoms with E-state index in [0.717, 1.165) is 17.5 Å². The van der Waals surface area contributed by atoms with Crippen LogP contribution in [0.25, 0.3) is 5.57 Å². The highest BCUT2D eigenvalue weighted by molar-refractivity contribution is 6.17. The number of benzene rings is 1. The van der Waals surface area contributed by atoms with Gasteiger partial charge in [0.05, 0.1) is 5.57 Å². The van der Waals surface area contributed by atoms with Crippen LogP contribution in [0.3, 0.4) is 0 Å². The molecule has 0 saturated carbocycles. The Morgan fingerprint density at radius 1 is 1.29 bits per heavy atom. The maximum Gasteiger partial charge on any atom is 0.335 e. The molecule has 0 aliphatic heterocycles. The second-order valence-corrected chi connectivity index (χ2v) is 3.68. The van der Waals surface area contributed by atoms with Gasteiger partial charge in [-0.15, -0.1) is 0 Å². The van der Waals surface area contributed by atoms with E-state index in [1.54, 1.807) is 6.08 Å². The smallest absolute Gasteiger partial charge is 0.335 e. The molecule has 0 heterocycles. The van der Waals surface area contributed by atoms with Crippen LogP contribution in [0.1, 0.15) is 22.3 Å². The Morgan fingerprint density at radius 2 is 1.93 bits per heavy atom. The number of aryl methyl sites for hydroxylation is 2. The van der Waals surface area contributed by atoms with Gasteiger partial charge in [-0.2, -0.15) is 0 Å². The molecule has 0 saturated heterocycles. The van der Waals surface area contributed by atoms with E-state index in [4.69, 9.17) is 5.11 Å². The number of hydrogen-bond acceptors (Lipinski definition) is 1. The summed E-state index contributed by atoms with van der Waals surface area (Å²) >= 11 is 0. The second-order valence-electron chi connectivity index (χ2n) is 3.68. The summed E-state index contributed by atoms with van der Waals surface area (Å²) in [5.41, 5.74) is 4.79. The van der Waals surface area contributed by atoms with Gasteiger partial charge in [-0.1, -0.05) is 18.2 Å². The zero-order valence-electron chi connectivity index (χ0n) is 8.29. The van der Waals surface area contributed by atoms with E-state index in [-0.39, 0.29) is 0 Å². The van der Waals surface area contributed by atoms with E-state index in [1.807, 2.05) is 26.0 Å². The topological polar surface area (TPSA) is 37.3 Å². The molecule has 1 aliphatic rings. The lowest BCUT2D eigenvalue weighted by Gasteiger charge is -2.08. The molecular weight excluding hydrogens is 176 g/mol. The van der Waals surface area contributed by atoms with Gasteiger partial charge in [-0.05, 0) is 42.5 Å². The molecule has 0 fully saturated rings. The minimum atomic E-state index is -0.822. The maximum atomic E-state index is 11.0. The highest BCUT2D eigenvalue weighted by atomic mass is 16.4. The number of hydrogen-bond donors (Lipinski definition) is 1. The predicted molar refractivity (Wildman–Crippen MR) is 55.2 cm³/mol. The molecule has 72 valence electrons. The zero-order chi connectivity index (χ0) is 10.3. The van der Waals surface area contributed by atoms with Gasteiger partial charge < -0.3 is 5.11 Å². The molecule has 0 atom stereocenters. The summed E-state index contributed by atoms with van der Waals surface area (Å²) in [6, 6.07) is 4.03. The first-order chi connectivity index (χ1) is 6.61. The van der Waals surface area contributed by atoms with Crippen LogP contribution >= 0.6 is 0 Å². The van der Waals surface area contributed by atoms with Crippen molar-refractivity contribution in [2.24, 2.45) is 0 Å². The third-order valence-electron chi connectivity index (χ3n) is 2.77. The van der Waals surface area contributed by atoms with Gasteiger partial charge in [0.2, 0.25) is 0 Å². The van der Waals surface area contributed by atoms with Crippen molar-refractivity contribution in [1.29, 1.82) is 0 Å². The van der Waals surface area contributed by atoms with Gasteiger partial charge >= 0.3 is 5.97 Å². The Hall–Kier alpha value is -1.57. The first-order valence-electron chi connectivity index (χ1n) is 4.64. The minimum Gasteiger partial charge on any atom is -0.478 e. The van der Waals surface area contributed by atoms with Gasteiger partial charge in [0.15, 0.2) is 0 Å². The average Bonchev–Trinajstić information content (AvgIpc) is 2.56. The zero-order valence-corrected chi connectivity index (χ0v) is 8.29. The average molecular weight is 188 g/mol. The number of carboxylic acids is 1. The molecule has 2 rings (SSSR count). The van der Waals surface area contributed by atoms with Gasteiger partial charge in [0.1, 0.15) is 0 Å². The Labute approximate surface area is 82.9 Å². The molecule has 2 heteroatoms. The number of rotatable bonds is 1. The van der Waals surface area contributed by atoms with Crippen molar-refractivity contribution in [1.82, 2.24) is 0 Å². The molecule has 0 amide bonds. The first-order valence-corrected chi connectivity index (χ1v) is 4.64. The Bertz CT molecular complexity index is 442. The number of aliphatic carboxylic acids is 1. The molecule has 1 aromatic carbocycles. The van der Waals surface area contributed by atoms with Crippen LogP contribution in [-0.2, 0) is 11.2 Å². The number of carboxylic acid groups (broad SMARTS) is 1. The van der Waals surface area contributed by atoms with Crippen LogP contribution in [0.15, 0.2) is 18.2 Å². The molecule has 2 nitrogen and oxygen atoms in total. The fourth-order valence-electron chi connectivity index (χ4n) is 2.01. The standard InChI is InChI=1S/C12H12O2/c1-7-3-4-8(2)11-9(7)5-6-10(11)12(13)14/h3-4,6H,5H2,1-2H3,(H,13,14). The van der Waals surface area contributed by atoms with Crippen molar-refractivity contribution in [2.45, 2.75) is 20.3 Å². The molecule has 0 unspecified atom stereocenters. The van der Waals surface area contributed by atoms with Crippen molar-refractivity contribution in [3.63, 3.8) is 0 Å². The molecule has 0 spiro atoms. The molecule has 1 aromatic rings. The van der Waals surface area contributed by atoms with E-state index in [2.05, 4.69) is 0 Å². The quantitative estimate of drug-likeness (QED) is 0.734. The van der Waals surface area contributed by atoms with Crippen molar-refractivity contribution in [3.05, 3.63) is 40.5 Å². The van der Waals surface area contributed by atoms with E-state index < -0.39 is 5.97 Å². The molecule has 1 aliphatic carbocycles. The van der Waals surface area contributed by atoms with E-state index in [0.29, 0.717) is 5.57 Å². The summed E-state index contributed by atoms with van der Waals surface area (Å²) in [5.74, 6) is -0.822. The summed E-state index contributed by atoms with van der Waals surface area (Å²) in [5, 5.41) is 9.01. The van der Waals surface area contributed by atoms with Crippen LogP contribution in [0, 0.1) is 13.8 Å². The summed E-state index contributed by atoms with van der Waals surface area (Å²) in [7, 11) is 0. The third kappa shape index (κ3) is 1.15. The third-order valence-corrected chi connectivity index (χ3v) is 2.77. The van der Waals surface area contributed by atoms with Crippen molar-refractivity contribution in [2.75, 3.05) is 0 Å². The monoisotopic (exact) mass is 188 g/mol. The van der Waals surface area contributed by atoms with E-state index >= 15 is 0 Å². The molecule has 14 heavy (non-hydrogen) atoms. The number of allylic oxidation sites excluding steroid dienone is 1. The predicted octanol–water partition coefficient (Wildman–Crippen LogP) is 2.33. The summed E-state index contributed by atoms with van der Waals surface area (Å²) in [6.07, 6.45) is 2.55.